The second kappa shape index (κ2) is 9.97. The monoisotopic (exact) mass is 473 g/mol. The van der Waals surface area contributed by atoms with Gasteiger partial charge in [-0.05, 0) is 55.7 Å². The zero-order valence-corrected chi connectivity index (χ0v) is 19.5. The maximum absolute atomic E-state index is 12.3. The Kier molecular flexibility index (Phi) is 6.43. The summed E-state index contributed by atoms with van der Waals surface area (Å²) in [6, 6.07) is 17.0. The lowest BCUT2D eigenvalue weighted by atomic mass is 10.0. The lowest BCUT2D eigenvalue weighted by molar-refractivity contribution is 0.134. The molecule has 0 spiro atoms. The molecule has 1 aliphatic heterocycles. The summed E-state index contributed by atoms with van der Waals surface area (Å²) < 4.78 is 5.34. The van der Waals surface area contributed by atoms with Crippen LogP contribution in [0.25, 0.3) is 22.3 Å². The van der Waals surface area contributed by atoms with Crippen LogP contribution in [-0.2, 0) is 11.3 Å². The number of fused-ring (bicyclic) bond motifs is 1. The first kappa shape index (κ1) is 22.6. The second-order valence-electron chi connectivity index (χ2n) is 8.75. The van der Waals surface area contributed by atoms with Crippen molar-refractivity contribution in [3.8, 4) is 17.1 Å². The summed E-state index contributed by atoms with van der Waals surface area (Å²) in [5, 5.41) is 14.3. The Labute approximate surface area is 206 Å². The minimum atomic E-state index is -0.419. The van der Waals surface area contributed by atoms with Gasteiger partial charge in [0.05, 0.1) is 11.1 Å². The largest absolute Gasteiger partial charge is 0.507 e. The molecule has 1 amide bonds. The van der Waals surface area contributed by atoms with E-state index < -0.39 is 6.09 Å². The van der Waals surface area contributed by atoms with Gasteiger partial charge in [0.25, 0.3) is 0 Å². The summed E-state index contributed by atoms with van der Waals surface area (Å²) in [7, 11) is 0. The number of piperidine rings is 1. The van der Waals surface area contributed by atoms with Crippen LogP contribution >= 0.6 is 0 Å². The number of carbonyl (C=O) groups is 1. The Hall–Kier alpha value is -4.20. The number of aryl methyl sites for hydroxylation is 1. The number of aromatic nitrogens is 3. The molecule has 0 unspecified atom stereocenters. The van der Waals surface area contributed by atoms with Crippen molar-refractivity contribution >= 4 is 22.8 Å². The Bertz CT molecular complexity index is 1350. The van der Waals surface area contributed by atoms with Gasteiger partial charge >= 0.3 is 6.09 Å². The van der Waals surface area contributed by atoms with Gasteiger partial charge in [-0.1, -0.05) is 24.3 Å². The minimum absolute atomic E-state index is 0. The van der Waals surface area contributed by atoms with E-state index in [0.717, 1.165) is 53.8 Å². The molecule has 3 heterocycles. The number of nitrogens with one attached hydrogen (secondary N) is 1. The number of hydrogen-bond donors (Lipinski definition) is 2. The van der Waals surface area contributed by atoms with E-state index in [4.69, 9.17) is 14.7 Å². The highest BCUT2D eigenvalue weighted by Gasteiger charge is 2.24. The van der Waals surface area contributed by atoms with Gasteiger partial charge in [-0.3, -0.25) is 4.98 Å². The fourth-order valence-corrected chi connectivity index (χ4v) is 4.32. The molecule has 1 saturated heterocycles. The molecule has 35 heavy (non-hydrogen) atoms. The van der Waals surface area contributed by atoms with E-state index in [1.807, 2.05) is 37.3 Å². The van der Waals surface area contributed by atoms with E-state index in [-0.39, 0.29) is 21.3 Å². The van der Waals surface area contributed by atoms with E-state index >= 15 is 0 Å². The number of phenols is 1. The van der Waals surface area contributed by atoms with Crippen molar-refractivity contribution in [2.75, 3.05) is 18.0 Å². The normalized spacial score (nSPS) is 14.1. The van der Waals surface area contributed by atoms with Crippen LogP contribution in [0.2, 0.25) is 0 Å². The number of anilines is 1. The molecule has 0 bridgehead atoms. The molecule has 2 N–H and O–H groups in total. The number of alkyl carbamates (subject to hydrolysis) is 1. The van der Waals surface area contributed by atoms with Crippen molar-refractivity contribution in [2.45, 2.75) is 32.4 Å². The number of rotatable bonds is 5. The van der Waals surface area contributed by atoms with Crippen LogP contribution in [0, 0.1) is 6.92 Å². The van der Waals surface area contributed by atoms with E-state index in [0.29, 0.717) is 11.4 Å². The molecule has 0 radical (unpaired) electrons. The zero-order chi connectivity index (χ0) is 24.2. The van der Waals surface area contributed by atoms with Gasteiger partial charge in [-0.25, -0.2) is 14.8 Å². The van der Waals surface area contributed by atoms with Crippen LogP contribution in [0.1, 0.15) is 26.8 Å². The van der Waals surface area contributed by atoms with Crippen LogP contribution in [-0.4, -0.2) is 45.3 Å². The van der Waals surface area contributed by atoms with Gasteiger partial charge in [0, 0.05) is 45.3 Å². The van der Waals surface area contributed by atoms with Gasteiger partial charge in [0.15, 0.2) is 5.82 Å². The van der Waals surface area contributed by atoms with Crippen LogP contribution in [0.4, 0.5) is 10.6 Å². The molecule has 1 fully saturated rings. The maximum atomic E-state index is 12.3. The first-order chi connectivity index (χ1) is 17.1. The van der Waals surface area contributed by atoms with Gasteiger partial charge in [-0.2, -0.15) is 0 Å². The molecule has 0 aliphatic carbocycles. The minimum Gasteiger partial charge on any atom is -0.507 e. The third-order valence-corrected chi connectivity index (χ3v) is 6.19. The summed E-state index contributed by atoms with van der Waals surface area (Å²) in [5.74, 6) is 1.49. The number of phenolic OH excluding ortho intramolecular Hbond substituents is 1. The van der Waals surface area contributed by atoms with Gasteiger partial charge < -0.3 is 20.1 Å². The number of amides is 1. The number of ether oxygens (including phenoxy) is 1. The lowest BCUT2D eigenvalue weighted by Gasteiger charge is -2.33. The summed E-state index contributed by atoms with van der Waals surface area (Å²) >= 11 is 0. The fraction of sp³-hybridized carbons (Fsp3) is 0.259. The number of carbonyl (C=O) groups excluding carboxylic acids is 1. The quantitative estimate of drug-likeness (QED) is 0.416. The molecule has 8 heteroatoms. The van der Waals surface area contributed by atoms with Crippen molar-refractivity contribution in [3.63, 3.8) is 0 Å². The molecule has 5 rings (SSSR count). The highest BCUT2D eigenvalue weighted by molar-refractivity contribution is 5.92. The molecule has 2 aromatic heterocycles. The Morgan fingerprint density at radius 1 is 1.14 bits per heavy atom. The second-order valence-corrected chi connectivity index (χ2v) is 8.75. The number of benzene rings is 2. The standard InChI is InChI=1S/C27H27N5O3.2H2/c1-18-8-9-21-23(15-18)30-25(22-6-2-3-7-24(22)33)31-26(21)32-13-10-20(11-14-32)29-27(34)35-17-19-5-4-12-28-16-19;;/h2-9,12,15-16,20,33H,10-11,13-14,17H2,1H3,(H,29,34);2*1H. The first-order valence-corrected chi connectivity index (χ1v) is 11.7. The van der Waals surface area contributed by atoms with Crippen molar-refractivity contribution in [1.82, 2.24) is 20.3 Å². The van der Waals surface area contributed by atoms with Crippen LogP contribution in [0.5, 0.6) is 5.75 Å². The molecular formula is C27H31N5O3. The zero-order valence-electron chi connectivity index (χ0n) is 19.5. The average molecular weight is 474 g/mol. The molecule has 0 saturated carbocycles. The van der Waals surface area contributed by atoms with Crippen LogP contribution in [0.15, 0.2) is 67.0 Å². The number of hydrogen-bond acceptors (Lipinski definition) is 7. The predicted octanol–water partition coefficient (Wildman–Crippen LogP) is 5.09. The average Bonchev–Trinajstić information content (AvgIpc) is 2.88. The van der Waals surface area contributed by atoms with Gasteiger partial charge in [-0.15, -0.1) is 0 Å². The Balaban J connectivity index is 0.00000190. The Morgan fingerprint density at radius 3 is 2.74 bits per heavy atom. The molecular weight excluding hydrogens is 442 g/mol. The van der Waals surface area contributed by atoms with Crippen LogP contribution in [0.3, 0.4) is 0 Å². The first-order valence-electron chi connectivity index (χ1n) is 11.7. The maximum Gasteiger partial charge on any atom is 0.407 e. The molecule has 4 aromatic rings. The summed E-state index contributed by atoms with van der Waals surface area (Å²) in [6.07, 6.45) is 4.49. The summed E-state index contributed by atoms with van der Waals surface area (Å²) in [5.41, 5.74) is 3.40. The highest BCUT2D eigenvalue weighted by Crippen LogP contribution is 2.33. The van der Waals surface area contributed by atoms with Crippen molar-refractivity contribution in [1.29, 1.82) is 0 Å². The van der Waals surface area contributed by atoms with E-state index in [1.165, 1.54) is 0 Å². The fourth-order valence-electron chi connectivity index (χ4n) is 4.32. The third kappa shape index (κ3) is 5.16. The SMILES string of the molecule is Cc1ccc2c(N3CCC(NC(=O)OCc4cccnc4)CC3)nc(-c3ccccc3O)nc2c1.[HH].[HH]. The van der Waals surface area contributed by atoms with Gasteiger partial charge in [0.1, 0.15) is 18.2 Å². The molecule has 8 nitrogen and oxygen atoms in total. The molecule has 0 atom stereocenters. The number of para-hydroxylation sites is 1. The summed E-state index contributed by atoms with van der Waals surface area (Å²) in [6.45, 7) is 3.69. The van der Waals surface area contributed by atoms with E-state index in [1.54, 1.807) is 24.5 Å². The van der Waals surface area contributed by atoms with Crippen molar-refractivity contribution in [3.05, 3.63) is 78.1 Å². The van der Waals surface area contributed by atoms with Gasteiger partial charge in [0.2, 0.25) is 0 Å². The van der Waals surface area contributed by atoms with Crippen molar-refractivity contribution < 1.29 is 17.5 Å². The van der Waals surface area contributed by atoms with E-state index in [9.17, 15) is 9.90 Å². The van der Waals surface area contributed by atoms with E-state index in [2.05, 4.69) is 27.3 Å². The molecule has 1 aliphatic rings. The van der Waals surface area contributed by atoms with Crippen molar-refractivity contribution in [2.24, 2.45) is 0 Å². The number of aromatic hydroxyl groups is 1. The summed E-state index contributed by atoms with van der Waals surface area (Å²) in [4.78, 5) is 28.1. The molecule has 2 aromatic carbocycles. The van der Waals surface area contributed by atoms with Crippen LogP contribution < -0.4 is 10.2 Å². The third-order valence-electron chi connectivity index (χ3n) is 6.19. The highest BCUT2D eigenvalue weighted by atomic mass is 16.5. The smallest absolute Gasteiger partial charge is 0.407 e. The topological polar surface area (TPSA) is 100 Å². The lowest BCUT2D eigenvalue weighted by Crippen LogP contribution is -2.45. The number of nitrogens with zero attached hydrogens (tertiary/aromatic N) is 4. The molecule has 182 valence electrons. The predicted molar refractivity (Wildman–Crippen MR) is 138 cm³/mol. The number of pyridine rings is 1. The Morgan fingerprint density at radius 2 is 1.97 bits per heavy atom.